The fraction of sp³-hybridized carbons (Fsp3) is 0.625. The molecule has 19 heavy (non-hydrogen) atoms. The molecule has 3 heteroatoms. The molecule has 1 fully saturated rings. The van der Waals surface area contributed by atoms with Crippen LogP contribution in [0.2, 0.25) is 0 Å². The van der Waals surface area contributed by atoms with E-state index in [4.69, 9.17) is 4.74 Å². The second-order valence-corrected chi connectivity index (χ2v) is 5.50. The third-order valence-corrected chi connectivity index (χ3v) is 3.92. The number of nitrogens with zero attached hydrogens (tertiary/aromatic N) is 1. The summed E-state index contributed by atoms with van der Waals surface area (Å²) in [6, 6.07) is 9.14. The largest absolute Gasteiger partial charge is 0.494 e. The normalized spacial score (nSPS) is 18.5. The highest BCUT2D eigenvalue weighted by atomic mass is 16.5. The summed E-state index contributed by atoms with van der Waals surface area (Å²) >= 11 is 0. The second kappa shape index (κ2) is 6.92. The molecule has 1 saturated heterocycles. The van der Waals surface area contributed by atoms with Crippen molar-refractivity contribution in [2.45, 2.75) is 25.8 Å². The summed E-state index contributed by atoms with van der Waals surface area (Å²) in [6.45, 7) is 5.04. The van der Waals surface area contributed by atoms with Crippen LogP contribution in [0, 0.1) is 5.92 Å². The maximum absolute atomic E-state index is 5.52. The minimum atomic E-state index is 0.512. The Morgan fingerprint density at radius 1 is 1.21 bits per heavy atom. The van der Waals surface area contributed by atoms with Crippen molar-refractivity contribution in [2.24, 2.45) is 5.92 Å². The Morgan fingerprint density at radius 3 is 2.37 bits per heavy atom. The van der Waals surface area contributed by atoms with Crippen LogP contribution in [0.15, 0.2) is 24.3 Å². The fourth-order valence-electron chi connectivity index (χ4n) is 3.08. The smallest absolute Gasteiger partial charge is 0.119 e. The standard InChI is InChI=1S/C16H26N2O/c1-4-19-15-7-5-13(6-8-15)16(18(2)3)14-9-11-17-12-10-14/h5-8,14,16-17H,4,9-12H2,1-3H3. The molecular formula is C16H26N2O. The van der Waals surface area contributed by atoms with E-state index in [-0.39, 0.29) is 0 Å². The van der Waals surface area contributed by atoms with E-state index in [0.717, 1.165) is 31.4 Å². The lowest BCUT2D eigenvalue weighted by Crippen LogP contribution is -2.35. The molecule has 0 saturated carbocycles. The van der Waals surface area contributed by atoms with Gasteiger partial charge in [-0.15, -0.1) is 0 Å². The summed E-state index contributed by atoms with van der Waals surface area (Å²) in [5.41, 5.74) is 1.40. The third kappa shape index (κ3) is 3.71. The van der Waals surface area contributed by atoms with Gasteiger partial charge in [-0.05, 0) is 70.6 Å². The number of benzene rings is 1. The van der Waals surface area contributed by atoms with Crippen molar-refractivity contribution >= 4 is 0 Å². The van der Waals surface area contributed by atoms with Gasteiger partial charge in [0.25, 0.3) is 0 Å². The Labute approximate surface area is 116 Å². The van der Waals surface area contributed by atoms with Gasteiger partial charge in [0.1, 0.15) is 5.75 Å². The highest BCUT2D eigenvalue weighted by Gasteiger charge is 2.26. The predicted octanol–water partition coefficient (Wildman–Crippen LogP) is 2.69. The van der Waals surface area contributed by atoms with Gasteiger partial charge in [-0.3, -0.25) is 0 Å². The van der Waals surface area contributed by atoms with Crippen LogP contribution in [0.3, 0.4) is 0 Å². The van der Waals surface area contributed by atoms with E-state index in [9.17, 15) is 0 Å². The number of piperidine rings is 1. The Morgan fingerprint density at radius 2 is 1.84 bits per heavy atom. The number of nitrogens with one attached hydrogen (secondary N) is 1. The van der Waals surface area contributed by atoms with Crippen LogP contribution in [-0.2, 0) is 0 Å². The molecule has 1 aliphatic rings. The molecule has 1 aromatic carbocycles. The van der Waals surface area contributed by atoms with Crippen molar-refractivity contribution in [1.29, 1.82) is 0 Å². The molecule has 106 valence electrons. The van der Waals surface area contributed by atoms with E-state index in [2.05, 4.69) is 48.6 Å². The summed E-state index contributed by atoms with van der Waals surface area (Å²) in [7, 11) is 4.37. The molecule has 2 rings (SSSR count). The van der Waals surface area contributed by atoms with E-state index in [1.807, 2.05) is 6.92 Å². The average molecular weight is 262 g/mol. The molecule has 1 aliphatic heterocycles. The van der Waals surface area contributed by atoms with Crippen LogP contribution in [0.1, 0.15) is 31.4 Å². The molecule has 0 spiro atoms. The molecule has 0 amide bonds. The summed E-state index contributed by atoms with van der Waals surface area (Å²) in [5.74, 6) is 1.71. The van der Waals surface area contributed by atoms with E-state index >= 15 is 0 Å². The van der Waals surface area contributed by atoms with Gasteiger partial charge in [0, 0.05) is 6.04 Å². The lowest BCUT2D eigenvalue weighted by atomic mass is 9.85. The lowest BCUT2D eigenvalue weighted by Gasteiger charge is -2.35. The highest BCUT2D eigenvalue weighted by molar-refractivity contribution is 5.29. The zero-order chi connectivity index (χ0) is 13.7. The first kappa shape index (κ1) is 14.4. The van der Waals surface area contributed by atoms with Crippen LogP contribution >= 0.6 is 0 Å². The molecule has 0 radical (unpaired) electrons. The fourth-order valence-corrected chi connectivity index (χ4v) is 3.08. The molecular weight excluding hydrogens is 236 g/mol. The maximum Gasteiger partial charge on any atom is 0.119 e. The van der Waals surface area contributed by atoms with Gasteiger partial charge < -0.3 is 15.0 Å². The summed E-state index contributed by atoms with van der Waals surface area (Å²) in [6.07, 6.45) is 2.52. The van der Waals surface area contributed by atoms with Gasteiger partial charge in [0.15, 0.2) is 0 Å². The van der Waals surface area contributed by atoms with E-state index in [1.165, 1.54) is 18.4 Å². The molecule has 0 bridgehead atoms. The van der Waals surface area contributed by atoms with Crippen LogP contribution in [0.25, 0.3) is 0 Å². The monoisotopic (exact) mass is 262 g/mol. The molecule has 1 atom stereocenters. The van der Waals surface area contributed by atoms with Gasteiger partial charge in [0.2, 0.25) is 0 Å². The first-order chi connectivity index (χ1) is 9.22. The van der Waals surface area contributed by atoms with Gasteiger partial charge in [-0.1, -0.05) is 12.1 Å². The summed E-state index contributed by atoms with van der Waals surface area (Å²) in [5, 5.41) is 3.45. The summed E-state index contributed by atoms with van der Waals surface area (Å²) in [4.78, 5) is 2.35. The minimum Gasteiger partial charge on any atom is -0.494 e. The van der Waals surface area contributed by atoms with Crippen LogP contribution < -0.4 is 10.1 Å². The SMILES string of the molecule is CCOc1ccc(C(C2CCNCC2)N(C)C)cc1. The molecule has 3 nitrogen and oxygen atoms in total. The highest BCUT2D eigenvalue weighted by Crippen LogP contribution is 2.33. The lowest BCUT2D eigenvalue weighted by molar-refractivity contribution is 0.177. The van der Waals surface area contributed by atoms with Crippen molar-refractivity contribution < 1.29 is 4.74 Å². The predicted molar refractivity (Wildman–Crippen MR) is 79.6 cm³/mol. The molecule has 0 aliphatic carbocycles. The zero-order valence-electron chi connectivity index (χ0n) is 12.4. The van der Waals surface area contributed by atoms with Gasteiger partial charge in [-0.2, -0.15) is 0 Å². The van der Waals surface area contributed by atoms with Crippen LogP contribution in [0.5, 0.6) is 5.75 Å². The van der Waals surface area contributed by atoms with Crippen LogP contribution in [0.4, 0.5) is 0 Å². The molecule has 1 unspecified atom stereocenters. The zero-order valence-corrected chi connectivity index (χ0v) is 12.4. The molecule has 1 aromatic rings. The minimum absolute atomic E-state index is 0.512. The van der Waals surface area contributed by atoms with Gasteiger partial charge >= 0.3 is 0 Å². The number of rotatable bonds is 5. The molecule has 1 heterocycles. The molecule has 0 aromatic heterocycles. The average Bonchev–Trinajstić information content (AvgIpc) is 2.42. The van der Waals surface area contributed by atoms with E-state index < -0.39 is 0 Å². The van der Waals surface area contributed by atoms with Crippen molar-refractivity contribution in [2.75, 3.05) is 33.8 Å². The second-order valence-electron chi connectivity index (χ2n) is 5.50. The number of hydrogen-bond donors (Lipinski definition) is 1. The Bertz CT molecular complexity index is 369. The molecule has 1 N–H and O–H groups in total. The topological polar surface area (TPSA) is 24.5 Å². The Balaban J connectivity index is 2.13. The Kier molecular flexibility index (Phi) is 5.23. The van der Waals surface area contributed by atoms with E-state index in [0.29, 0.717) is 6.04 Å². The van der Waals surface area contributed by atoms with Crippen molar-refractivity contribution in [3.8, 4) is 5.75 Å². The maximum atomic E-state index is 5.52. The van der Waals surface area contributed by atoms with Gasteiger partial charge in [0.05, 0.1) is 6.61 Å². The quantitative estimate of drug-likeness (QED) is 0.883. The number of hydrogen-bond acceptors (Lipinski definition) is 3. The number of ether oxygens (including phenoxy) is 1. The van der Waals surface area contributed by atoms with Gasteiger partial charge in [-0.25, -0.2) is 0 Å². The third-order valence-electron chi connectivity index (χ3n) is 3.92. The van der Waals surface area contributed by atoms with E-state index in [1.54, 1.807) is 0 Å². The Hall–Kier alpha value is -1.06. The van der Waals surface area contributed by atoms with Crippen LogP contribution in [-0.4, -0.2) is 38.7 Å². The first-order valence-electron chi connectivity index (χ1n) is 7.32. The van der Waals surface area contributed by atoms with Crippen molar-refractivity contribution in [3.63, 3.8) is 0 Å². The van der Waals surface area contributed by atoms with Crippen molar-refractivity contribution in [3.05, 3.63) is 29.8 Å². The summed E-state index contributed by atoms with van der Waals surface area (Å²) < 4.78 is 5.52. The van der Waals surface area contributed by atoms with Crippen molar-refractivity contribution in [1.82, 2.24) is 10.2 Å². The first-order valence-corrected chi connectivity index (χ1v) is 7.32.